The molecule has 2 N–H and O–H groups in total. The molecule has 5 heteroatoms. The van der Waals surface area contributed by atoms with Crippen molar-refractivity contribution in [1.29, 1.82) is 0 Å². The Labute approximate surface area is 103 Å². The summed E-state index contributed by atoms with van der Waals surface area (Å²) in [6.45, 7) is 4.63. The number of aryl methyl sites for hydroxylation is 2. The van der Waals surface area contributed by atoms with Crippen molar-refractivity contribution in [3.05, 3.63) is 23.8 Å². The van der Waals surface area contributed by atoms with Gasteiger partial charge in [0, 0.05) is 28.9 Å². The van der Waals surface area contributed by atoms with Gasteiger partial charge in [0.15, 0.2) is 0 Å². The first-order valence-electron chi connectivity index (χ1n) is 5.69. The molecule has 0 aliphatic carbocycles. The summed E-state index contributed by atoms with van der Waals surface area (Å²) in [5, 5.41) is 0. The molecular formula is C12H17N3OS. The minimum atomic E-state index is -0.774. The largest absolute Gasteiger partial charge is 0.369 e. The SMILES string of the molecule is CCS(=O)CCn1c(N)nc2cccc(C)c21. The van der Waals surface area contributed by atoms with Gasteiger partial charge in [-0.05, 0) is 18.6 Å². The highest BCUT2D eigenvalue weighted by atomic mass is 32.2. The van der Waals surface area contributed by atoms with E-state index in [4.69, 9.17) is 5.73 Å². The molecule has 1 aromatic carbocycles. The maximum atomic E-state index is 11.5. The van der Waals surface area contributed by atoms with Crippen molar-refractivity contribution < 1.29 is 4.21 Å². The normalized spacial score (nSPS) is 13.1. The minimum Gasteiger partial charge on any atom is -0.369 e. The lowest BCUT2D eigenvalue weighted by atomic mass is 10.2. The van der Waals surface area contributed by atoms with E-state index in [1.165, 1.54) is 0 Å². The van der Waals surface area contributed by atoms with Crippen molar-refractivity contribution in [3.63, 3.8) is 0 Å². The molecule has 0 saturated heterocycles. The maximum absolute atomic E-state index is 11.5. The highest BCUT2D eigenvalue weighted by molar-refractivity contribution is 7.84. The number of anilines is 1. The quantitative estimate of drug-likeness (QED) is 0.899. The third-order valence-electron chi connectivity index (χ3n) is 2.86. The Hall–Kier alpha value is -1.36. The van der Waals surface area contributed by atoms with Crippen molar-refractivity contribution in [1.82, 2.24) is 9.55 Å². The van der Waals surface area contributed by atoms with Crippen LogP contribution in [0.25, 0.3) is 11.0 Å². The number of nitrogens with zero attached hydrogens (tertiary/aromatic N) is 2. The summed E-state index contributed by atoms with van der Waals surface area (Å²) in [4.78, 5) is 4.32. The molecule has 92 valence electrons. The fourth-order valence-electron chi connectivity index (χ4n) is 1.95. The van der Waals surface area contributed by atoms with Gasteiger partial charge in [0.05, 0.1) is 11.0 Å². The van der Waals surface area contributed by atoms with E-state index < -0.39 is 10.8 Å². The molecule has 2 aromatic rings. The van der Waals surface area contributed by atoms with Gasteiger partial charge in [-0.2, -0.15) is 0 Å². The Kier molecular flexibility index (Phi) is 3.47. The van der Waals surface area contributed by atoms with Crippen LogP contribution >= 0.6 is 0 Å². The summed E-state index contributed by atoms with van der Waals surface area (Å²) in [6.07, 6.45) is 0. The number of aromatic nitrogens is 2. The van der Waals surface area contributed by atoms with E-state index in [0.29, 0.717) is 24.0 Å². The first kappa shape index (κ1) is 12.1. The van der Waals surface area contributed by atoms with Crippen LogP contribution in [0.3, 0.4) is 0 Å². The van der Waals surface area contributed by atoms with Gasteiger partial charge in [-0.3, -0.25) is 4.21 Å². The fraction of sp³-hybridized carbons (Fsp3) is 0.417. The van der Waals surface area contributed by atoms with Crippen LogP contribution in [0.1, 0.15) is 12.5 Å². The molecule has 0 fully saturated rings. The van der Waals surface area contributed by atoms with Crippen LogP contribution in [0, 0.1) is 6.92 Å². The molecule has 0 saturated carbocycles. The smallest absolute Gasteiger partial charge is 0.201 e. The Morgan fingerprint density at radius 2 is 2.24 bits per heavy atom. The van der Waals surface area contributed by atoms with Crippen LogP contribution in [0.15, 0.2) is 18.2 Å². The predicted molar refractivity (Wildman–Crippen MR) is 72.4 cm³/mol. The molecule has 1 unspecified atom stereocenters. The Morgan fingerprint density at radius 3 is 2.94 bits per heavy atom. The monoisotopic (exact) mass is 251 g/mol. The zero-order valence-electron chi connectivity index (χ0n) is 10.1. The lowest BCUT2D eigenvalue weighted by Gasteiger charge is -2.07. The number of para-hydroxylation sites is 1. The van der Waals surface area contributed by atoms with Crippen molar-refractivity contribution in [2.45, 2.75) is 20.4 Å². The van der Waals surface area contributed by atoms with E-state index in [2.05, 4.69) is 4.98 Å². The molecule has 0 amide bonds. The molecule has 0 aliphatic rings. The van der Waals surface area contributed by atoms with Crippen molar-refractivity contribution in [2.75, 3.05) is 17.2 Å². The number of nitrogen functional groups attached to an aromatic ring is 1. The van der Waals surface area contributed by atoms with Crippen LogP contribution < -0.4 is 5.73 Å². The molecule has 0 spiro atoms. The average molecular weight is 251 g/mol. The lowest BCUT2D eigenvalue weighted by Crippen LogP contribution is -2.11. The molecule has 0 bridgehead atoms. The molecule has 0 radical (unpaired) electrons. The van der Waals surface area contributed by atoms with E-state index in [9.17, 15) is 4.21 Å². The highest BCUT2D eigenvalue weighted by Gasteiger charge is 2.10. The lowest BCUT2D eigenvalue weighted by molar-refractivity contribution is 0.677. The second kappa shape index (κ2) is 4.87. The minimum absolute atomic E-state index is 0.502. The van der Waals surface area contributed by atoms with Crippen molar-refractivity contribution in [2.24, 2.45) is 0 Å². The summed E-state index contributed by atoms with van der Waals surface area (Å²) in [5.41, 5.74) is 9.01. The van der Waals surface area contributed by atoms with Crippen LogP contribution in [0.2, 0.25) is 0 Å². The highest BCUT2D eigenvalue weighted by Crippen LogP contribution is 2.21. The zero-order chi connectivity index (χ0) is 12.4. The summed E-state index contributed by atoms with van der Waals surface area (Å²) in [6, 6.07) is 5.96. The first-order valence-corrected chi connectivity index (χ1v) is 7.18. The number of hydrogen-bond acceptors (Lipinski definition) is 3. The number of rotatable bonds is 4. The van der Waals surface area contributed by atoms with Gasteiger partial charge in [0.25, 0.3) is 0 Å². The maximum Gasteiger partial charge on any atom is 0.201 e. The van der Waals surface area contributed by atoms with Crippen LogP contribution in [-0.2, 0) is 17.3 Å². The third kappa shape index (κ3) is 2.34. The molecule has 17 heavy (non-hydrogen) atoms. The molecular weight excluding hydrogens is 234 g/mol. The Balaban J connectivity index is 2.39. The van der Waals surface area contributed by atoms with Crippen molar-refractivity contribution >= 4 is 27.8 Å². The average Bonchev–Trinajstić information content (AvgIpc) is 2.63. The molecule has 1 aromatic heterocycles. The third-order valence-corrected chi connectivity index (χ3v) is 4.14. The zero-order valence-corrected chi connectivity index (χ0v) is 11.0. The van der Waals surface area contributed by atoms with Gasteiger partial charge >= 0.3 is 0 Å². The van der Waals surface area contributed by atoms with Crippen molar-refractivity contribution in [3.8, 4) is 0 Å². The van der Waals surface area contributed by atoms with Gasteiger partial charge in [-0.1, -0.05) is 19.1 Å². The summed E-state index contributed by atoms with van der Waals surface area (Å²) in [5.74, 6) is 1.81. The molecule has 4 nitrogen and oxygen atoms in total. The Morgan fingerprint density at radius 1 is 1.47 bits per heavy atom. The van der Waals surface area contributed by atoms with Gasteiger partial charge in [0.1, 0.15) is 0 Å². The molecule has 0 aliphatic heterocycles. The van der Waals surface area contributed by atoms with Crippen LogP contribution in [-0.4, -0.2) is 25.3 Å². The summed E-state index contributed by atoms with van der Waals surface area (Å²) < 4.78 is 13.4. The predicted octanol–water partition coefficient (Wildman–Crippen LogP) is 1.70. The number of nitrogens with two attached hydrogens (primary N) is 1. The fourth-order valence-corrected chi connectivity index (χ4v) is 2.62. The van der Waals surface area contributed by atoms with Crippen LogP contribution in [0.5, 0.6) is 0 Å². The molecule has 2 rings (SSSR count). The van der Waals surface area contributed by atoms with E-state index in [0.717, 1.165) is 16.6 Å². The number of imidazole rings is 1. The Bertz CT molecular complexity index is 562. The molecule has 1 heterocycles. The van der Waals surface area contributed by atoms with E-state index >= 15 is 0 Å². The van der Waals surface area contributed by atoms with Gasteiger partial charge in [-0.25, -0.2) is 4.98 Å². The van der Waals surface area contributed by atoms with Gasteiger partial charge < -0.3 is 10.3 Å². The second-order valence-electron chi connectivity index (χ2n) is 4.00. The van der Waals surface area contributed by atoms with Gasteiger partial charge in [-0.15, -0.1) is 0 Å². The summed E-state index contributed by atoms with van der Waals surface area (Å²) in [7, 11) is -0.774. The van der Waals surface area contributed by atoms with E-state index in [1.54, 1.807) is 0 Å². The number of benzene rings is 1. The summed E-state index contributed by atoms with van der Waals surface area (Å²) >= 11 is 0. The first-order chi connectivity index (χ1) is 8.13. The van der Waals surface area contributed by atoms with Crippen LogP contribution in [0.4, 0.5) is 5.95 Å². The topological polar surface area (TPSA) is 60.9 Å². The molecule has 1 atom stereocenters. The number of hydrogen-bond donors (Lipinski definition) is 1. The standard InChI is InChI=1S/C12H17N3OS/c1-3-17(16)8-7-15-11-9(2)5-4-6-10(11)14-12(15)13/h4-6H,3,7-8H2,1-2H3,(H2,13,14). The van der Waals surface area contributed by atoms with E-state index in [1.807, 2.05) is 36.6 Å². The van der Waals surface area contributed by atoms with E-state index in [-0.39, 0.29) is 0 Å². The van der Waals surface area contributed by atoms with Gasteiger partial charge in [0.2, 0.25) is 5.95 Å². The number of fused-ring (bicyclic) bond motifs is 1. The second-order valence-corrected chi connectivity index (χ2v) is 5.86.